The minimum absolute atomic E-state index is 0.266. The van der Waals surface area contributed by atoms with Gasteiger partial charge >= 0.3 is 0 Å². The molecule has 1 unspecified atom stereocenters. The normalized spacial score (nSPS) is 12.9. The fourth-order valence-corrected chi connectivity index (χ4v) is 4.15. The number of nitrogens with one attached hydrogen (secondary N) is 1. The fourth-order valence-electron chi connectivity index (χ4n) is 2.27. The number of hydrogen-bond acceptors (Lipinski definition) is 3. The Morgan fingerprint density at radius 2 is 2.20 bits per heavy atom. The molecule has 0 spiro atoms. The molecule has 1 atom stereocenters. The first kappa shape index (κ1) is 16.0. The molecule has 0 amide bonds. The van der Waals surface area contributed by atoms with E-state index in [-0.39, 0.29) is 6.04 Å². The van der Waals surface area contributed by atoms with Crippen molar-refractivity contribution in [2.24, 2.45) is 7.05 Å². The van der Waals surface area contributed by atoms with Crippen LogP contribution < -0.4 is 5.32 Å². The lowest BCUT2D eigenvalue weighted by Gasteiger charge is -2.16. The zero-order chi connectivity index (χ0) is 14.9. The first-order valence-electron chi connectivity index (χ1n) is 6.61. The summed E-state index contributed by atoms with van der Waals surface area (Å²) in [6.07, 6.45) is 0.844. The topological polar surface area (TPSA) is 29.9 Å². The molecule has 1 N–H and O–H groups in total. The Kier molecular flexibility index (Phi) is 5.29. The van der Waals surface area contributed by atoms with Gasteiger partial charge in [0, 0.05) is 24.4 Å². The van der Waals surface area contributed by atoms with Crippen LogP contribution in [0.1, 0.15) is 34.8 Å². The lowest BCUT2D eigenvalue weighted by Crippen LogP contribution is -2.23. The maximum absolute atomic E-state index is 6.37. The average Bonchev–Trinajstić information content (AvgIpc) is 2.83. The van der Waals surface area contributed by atoms with Crippen LogP contribution in [0.5, 0.6) is 0 Å². The van der Waals surface area contributed by atoms with Crippen molar-refractivity contribution in [2.45, 2.75) is 33.2 Å². The van der Waals surface area contributed by atoms with Crippen LogP contribution in [0.25, 0.3) is 0 Å². The quantitative estimate of drug-likeness (QED) is 0.837. The van der Waals surface area contributed by atoms with Crippen LogP contribution in [-0.4, -0.2) is 16.3 Å². The van der Waals surface area contributed by atoms with Crippen molar-refractivity contribution in [3.8, 4) is 0 Å². The molecule has 0 radical (unpaired) electrons. The van der Waals surface area contributed by atoms with Crippen LogP contribution in [0.4, 0.5) is 0 Å². The number of thiophene rings is 1. The van der Waals surface area contributed by atoms with Gasteiger partial charge in [0.1, 0.15) is 0 Å². The van der Waals surface area contributed by atoms with E-state index in [1.54, 1.807) is 11.3 Å². The van der Waals surface area contributed by atoms with Crippen LogP contribution in [0.3, 0.4) is 0 Å². The average molecular weight is 377 g/mol. The zero-order valence-corrected chi connectivity index (χ0v) is 15.3. The summed E-state index contributed by atoms with van der Waals surface area (Å²) in [5.74, 6) is 0. The van der Waals surface area contributed by atoms with Gasteiger partial charge in [-0.25, -0.2) is 0 Å². The lowest BCUT2D eigenvalue weighted by atomic mass is 10.1. The third kappa shape index (κ3) is 3.27. The molecule has 2 heterocycles. The molecule has 20 heavy (non-hydrogen) atoms. The summed E-state index contributed by atoms with van der Waals surface area (Å²) in [6, 6.07) is 2.50. The van der Waals surface area contributed by atoms with Gasteiger partial charge in [0.15, 0.2) is 0 Å². The molecule has 0 saturated heterocycles. The third-order valence-corrected chi connectivity index (χ3v) is 6.07. The molecule has 3 nitrogen and oxygen atoms in total. The minimum Gasteiger partial charge on any atom is -0.309 e. The van der Waals surface area contributed by atoms with Crippen molar-refractivity contribution in [3.05, 3.63) is 36.7 Å². The number of rotatable bonds is 5. The zero-order valence-electron chi connectivity index (χ0n) is 12.1. The molecule has 6 heteroatoms. The fraction of sp³-hybridized carbons (Fsp3) is 0.500. The third-order valence-electron chi connectivity index (χ3n) is 3.33. The number of likely N-dealkylation sites (N-methyl/N-ethyl adjacent to an activating group) is 1. The molecule has 0 aliphatic carbocycles. The van der Waals surface area contributed by atoms with E-state index < -0.39 is 0 Å². The molecule has 0 fully saturated rings. The highest BCUT2D eigenvalue weighted by Crippen LogP contribution is 2.34. The van der Waals surface area contributed by atoms with Crippen molar-refractivity contribution < 1.29 is 0 Å². The van der Waals surface area contributed by atoms with E-state index in [0.29, 0.717) is 0 Å². The smallest absolute Gasteiger partial charge is 0.0847 e. The highest BCUT2D eigenvalue weighted by Gasteiger charge is 2.20. The summed E-state index contributed by atoms with van der Waals surface area (Å²) < 4.78 is 3.08. The molecule has 0 aromatic carbocycles. The van der Waals surface area contributed by atoms with Gasteiger partial charge in [-0.15, -0.1) is 11.3 Å². The summed E-state index contributed by atoms with van der Waals surface area (Å²) in [6.45, 7) is 7.11. The Balaban J connectivity index is 2.30. The predicted octanol–water partition coefficient (Wildman–Crippen LogP) is 4.41. The monoisotopic (exact) mass is 375 g/mol. The second-order valence-corrected chi connectivity index (χ2v) is 7.67. The standard InChI is InChI=1S/C14H19BrClN3S/c1-5-17-10(12-6-8(2)14(15)20-12)7-11-13(16)9(3)18-19(11)4/h6,10,17H,5,7H2,1-4H3. The minimum atomic E-state index is 0.266. The van der Waals surface area contributed by atoms with Gasteiger partial charge in [-0.05, 0) is 48.0 Å². The van der Waals surface area contributed by atoms with E-state index in [2.05, 4.69) is 46.3 Å². The summed E-state index contributed by atoms with van der Waals surface area (Å²) in [7, 11) is 1.95. The van der Waals surface area contributed by atoms with Crippen molar-refractivity contribution in [1.29, 1.82) is 0 Å². The van der Waals surface area contributed by atoms with Crippen LogP contribution in [-0.2, 0) is 13.5 Å². The molecule has 0 bridgehead atoms. The Bertz CT molecular complexity index is 586. The molecule has 110 valence electrons. The predicted molar refractivity (Wildman–Crippen MR) is 89.8 cm³/mol. The van der Waals surface area contributed by atoms with Gasteiger partial charge in [-0.1, -0.05) is 18.5 Å². The lowest BCUT2D eigenvalue weighted by molar-refractivity contribution is 0.536. The summed E-state index contributed by atoms with van der Waals surface area (Å²) in [5, 5.41) is 8.71. The van der Waals surface area contributed by atoms with E-state index in [0.717, 1.165) is 29.4 Å². The Hall–Kier alpha value is -0.360. The van der Waals surface area contributed by atoms with E-state index in [1.807, 2.05) is 18.7 Å². The number of aryl methyl sites for hydroxylation is 3. The van der Waals surface area contributed by atoms with Crippen molar-refractivity contribution in [3.63, 3.8) is 0 Å². The first-order chi connectivity index (χ1) is 9.43. The molecular weight excluding hydrogens is 358 g/mol. The van der Waals surface area contributed by atoms with E-state index in [4.69, 9.17) is 11.6 Å². The Labute approximate surface area is 137 Å². The molecule has 0 aliphatic rings. The maximum Gasteiger partial charge on any atom is 0.0847 e. The van der Waals surface area contributed by atoms with Gasteiger partial charge in [0.2, 0.25) is 0 Å². The van der Waals surface area contributed by atoms with E-state index in [9.17, 15) is 0 Å². The van der Waals surface area contributed by atoms with Crippen molar-refractivity contribution in [2.75, 3.05) is 6.54 Å². The van der Waals surface area contributed by atoms with Crippen molar-refractivity contribution in [1.82, 2.24) is 15.1 Å². The summed E-state index contributed by atoms with van der Waals surface area (Å²) >= 11 is 11.7. The van der Waals surface area contributed by atoms with Gasteiger partial charge in [-0.3, -0.25) is 4.68 Å². The van der Waals surface area contributed by atoms with Crippen LogP contribution >= 0.6 is 38.9 Å². The second kappa shape index (κ2) is 6.60. The van der Waals surface area contributed by atoms with E-state index >= 15 is 0 Å². The molecular formula is C14H19BrClN3S. The largest absolute Gasteiger partial charge is 0.309 e. The molecule has 0 aliphatic heterocycles. The highest BCUT2D eigenvalue weighted by atomic mass is 79.9. The molecule has 2 rings (SSSR count). The Morgan fingerprint density at radius 3 is 2.65 bits per heavy atom. The van der Waals surface area contributed by atoms with Crippen LogP contribution in [0.2, 0.25) is 5.02 Å². The van der Waals surface area contributed by atoms with E-state index in [1.165, 1.54) is 14.2 Å². The number of aromatic nitrogens is 2. The Morgan fingerprint density at radius 1 is 1.50 bits per heavy atom. The first-order valence-corrected chi connectivity index (χ1v) is 8.60. The van der Waals surface area contributed by atoms with Gasteiger partial charge in [-0.2, -0.15) is 5.10 Å². The van der Waals surface area contributed by atoms with Crippen molar-refractivity contribution >= 4 is 38.9 Å². The SMILES string of the molecule is CCNC(Cc1c(Cl)c(C)nn1C)c1cc(C)c(Br)s1. The van der Waals surface area contributed by atoms with Gasteiger partial charge in [0.25, 0.3) is 0 Å². The number of halogens is 2. The van der Waals surface area contributed by atoms with Crippen LogP contribution in [0, 0.1) is 13.8 Å². The molecule has 2 aromatic heterocycles. The summed E-state index contributed by atoms with van der Waals surface area (Å²) in [5.41, 5.74) is 3.25. The van der Waals surface area contributed by atoms with Gasteiger partial charge < -0.3 is 5.32 Å². The maximum atomic E-state index is 6.37. The van der Waals surface area contributed by atoms with Gasteiger partial charge in [0.05, 0.1) is 20.2 Å². The second-order valence-electron chi connectivity index (χ2n) is 4.89. The number of hydrogen-bond donors (Lipinski definition) is 1. The number of nitrogens with zero attached hydrogens (tertiary/aromatic N) is 2. The summed E-state index contributed by atoms with van der Waals surface area (Å²) in [4.78, 5) is 1.33. The molecule has 2 aromatic rings. The molecule has 0 saturated carbocycles. The van der Waals surface area contributed by atoms with Crippen LogP contribution in [0.15, 0.2) is 9.85 Å². The highest BCUT2D eigenvalue weighted by molar-refractivity contribution is 9.11.